The van der Waals surface area contributed by atoms with Crippen LogP contribution in [0.15, 0.2) is 36.5 Å². The number of hydrogen-bond acceptors (Lipinski definition) is 4. The van der Waals surface area contributed by atoms with Gasteiger partial charge in [0.25, 0.3) is 0 Å². The minimum absolute atomic E-state index is 0.246. The highest BCUT2D eigenvalue weighted by atomic mass is 16.5. The number of nitrogens with zero attached hydrogens (tertiary/aromatic N) is 2. The van der Waals surface area contributed by atoms with Crippen LogP contribution in [0.1, 0.15) is 11.3 Å². The Hall–Kier alpha value is -2.54. The zero-order valence-corrected chi connectivity index (χ0v) is 9.34. The summed E-state index contributed by atoms with van der Waals surface area (Å²) in [5.41, 5.74) is 7.53. The Kier molecular flexibility index (Phi) is 2.93. The lowest BCUT2D eigenvalue weighted by Gasteiger charge is -2.11. The SMILES string of the molecule is Cc1cccc(N)c1Oc1cccnc1C#N. The lowest BCUT2D eigenvalue weighted by atomic mass is 10.2. The minimum Gasteiger partial charge on any atom is -0.452 e. The van der Waals surface area contributed by atoms with E-state index in [1.54, 1.807) is 24.4 Å². The molecule has 0 fully saturated rings. The van der Waals surface area contributed by atoms with E-state index in [-0.39, 0.29) is 5.69 Å². The maximum Gasteiger partial charge on any atom is 0.183 e. The first-order valence-electron chi connectivity index (χ1n) is 5.10. The fourth-order valence-corrected chi connectivity index (χ4v) is 1.48. The summed E-state index contributed by atoms with van der Waals surface area (Å²) < 4.78 is 5.65. The van der Waals surface area contributed by atoms with Gasteiger partial charge >= 0.3 is 0 Å². The standard InChI is InChI=1S/C13H11N3O/c1-9-4-2-5-10(15)13(9)17-12-6-3-7-16-11(12)8-14/h2-7H,15H2,1H3. The molecule has 17 heavy (non-hydrogen) atoms. The maximum absolute atomic E-state index is 8.91. The molecule has 0 aliphatic rings. The van der Waals surface area contributed by atoms with Gasteiger partial charge < -0.3 is 10.5 Å². The van der Waals surface area contributed by atoms with Crippen molar-refractivity contribution in [3.8, 4) is 17.6 Å². The topological polar surface area (TPSA) is 71.9 Å². The van der Waals surface area contributed by atoms with E-state index in [4.69, 9.17) is 15.7 Å². The van der Waals surface area contributed by atoms with Gasteiger partial charge in [0, 0.05) is 6.20 Å². The quantitative estimate of drug-likeness (QED) is 0.797. The van der Waals surface area contributed by atoms with Crippen molar-refractivity contribution in [1.82, 2.24) is 4.98 Å². The first-order chi connectivity index (χ1) is 8.22. The molecule has 0 amide bonds. The summed E-state index contributed by atoms with van der Waals surface area (Å²) in [7, 11) is 0. The van der Waals surface area contributed by atoms with Gasteiger partial charge in [-0.2, -0.15) is 5.26 Å². The zero-order valence-electron chi connectivity index (χ0n) is 9.34. The van der Waals surface area contributed by atoms with Crippen molar-refractivity contribution in [2.75, 3.05) is 5.73 Å². The van der Waals surface area contributed by atoms with E-state index in [1.807, 2.05) is 25.1 Å². The number of nitriles is 1. The number of ether oxygens (including phenoxy) is 1. The van der Waals surface area contributed by atoms with Crippen molar-refractivity contribution >= 4 is 5.69 Å². The average molecular weight is 225 g/mol. The first-order valence-corrected chi connectivity index (χ1v) is 5.10. The van der Waals surface area contributed by atoms with Gasteiger partial charge in [0.1, 0.15) is 6.07 Å². The zero-order chi connectivity index (χ0) is 12.3. The van der Waals surface area contributed by atoms with Gasteiger partial charge in [-0.3, -0.25) is 0 Å². The number of anilines is 1. The number of hydrogen-bond donors (Lipinski definition) is 1. The third-order valence-electron chi connectivity index (χ3n) is 2.33. The Morgan fingerprint density at radius 1 is 1.29 bits per heavy atom. The predicted octanol–water partition coefficient (Wildman–Crippen LogP) is 2.64. The molecule has 0 atom stereocenters. The van der Waals surface area contributed by atoms with Crippen molar-refractivity contribution in [2.45, 2.75) is 6.92 Å². The van der Waals surface area contributed by atoms with Gasteiger partial charge in [-0.25, -0.2) is 4.98 Å². The molecule has 0 saturated carbocycles. The Bertz CT molecular complexity index is 567. The molecule has 4 heteroatoms. The molecule has 4 nitrogen and oxygen atoms in total. The molecule has 0 bridgehead atoms. The molecule has 1 aromatic carbocycles. The van der Waals surface area contributed by atoms with E-state index in [2.05, 4.69) is 4.98 Å². The van der Waals surface area contributed by atoms with Crippen LogP contribution < -0.4 is 10.5 Å². The molecule has 1 aromatic heterocycles. The summed E-state index contributed by atoms with van der Waals surface area (Å²) in [6.45, 7) is 1.90. The van der Waals surface area contributed by atoms with Crippen LogP contribution in [0.2, 0.25) is 0 Å². The van der Waals surface area contributed by atoms with Gasteiger partial charge in [-0.05, 0) is 30.7 Å². The Labute approximate surface area is 99.3 Å². The maximum atomic E-state index is 8.91. The highest BCUT2D eigenvalue weighted by Gasteiger charge is 2.09. The molecule has 0 aliphatic carbocycles. The van der Waals surface area contributed by atoms with Crippen molar-refractivity contribution < 1.29 is 4.74 Å². The molecular formula is C13H11N3O. The number of aromatic nitrogens is 1. The van der Waals surface area contributed by atoms with Crippen LogP contribution in [-0.2, 0) is 0 Å². The normalized spacial score (nSPS) is 9.65. The van der Waals surface area contributed by atoms with Crippen LogP contribution in [-0.4, -0.2) is 4.98 Å². The first kappa shape index (κ1) is 11.0. The summed E-state index contributed by atoms with van der Waals surface area (Å²) in [5, 5.41) is 8.91. The van der Waals surface area contributed by atoms with Gasteiger partial charge in [-0.15, -0.1) is 0 Å². The van der Waals surface area contributed by atoms with E-state index in [9.17, 15) is 0 Å². The highest BCUT2D eigenvalue weighted by molar-refractivity contribution is 5.58. The molecule has 2 rings (SSSR count). The van der Waals surface area contributed by atoms with Crippen molar-refractivity contribution in [1.29, 1.82) is 5.26 Å². The van der Waals surface area contributed by atoms with Crippen LogP contribution in [0.25, 0.3) is 0 Å². The van der Waals surface area contributed by atoms with Crippen LogP contribution in [0, 0.1) is 18.3 Å². The van der Waals surface area contributed by atoms with E-state index >= 15 is 0 Å². The second-order valence-corrected chi connectivity index (χ2v) is 3.56. The Morgan fingerprint density at radius 3 is 2.82 bits per heavy atom. The molecular weight excluding hydrogens is 214 g/mol. The van der Waals surface area contributed by atoms with Gasteiger partial charge in [0.15, 0.2) is 17.2 Å². The third-order valence-corrected chi connectivity index (χ3v) is 2.33. The van der Waals surface area contributed by atoms with Crippen molar-refractivity contribution in [3.63, 3.8) is 0 Å². The minimum atomic E-state index is 0.246. The lowest BCUT2D eigenvalue weighted by molar-refractivity contribution is 0.477. The monoisotopic (exact) mass is 225 g/mol. The number of pyridine rings is 1. The number of para-hydroxylation sites is 1. The highest BCUT2D eigenvalue weighted by Crippen LogP contribution is 2.31. The van der Waals surface area contributed by atoms with Crippen LogP contribution in [0.3, 0.4) is 0 Å². The van der Waals surface area contributed by atoms with E-state index in [1.165, 1.54) is 0 Å². The fraction of sp³-hybridized carbons (Fsp3) is 0.0769. The second-order valence-electron chi connectivity index (χ2n) is 3.56. The molecule has 2 N–H and O–H groups in total. The van der Waals surface area contributed by atoms with Crippen LogP contribution >= 0.6 is 0 Å². The number of benzene rings is 1. The van der Waals surface area contributed by atoms with Gasteiger partial charge in [0.05, 0.1) is 5.69 Å². The molecule has 2 aromatic rings. The fourth-order valence-electron chi connectivity index (χ4n) is 1.48. The second kappa shape index (κ2) is 4.54. The number of aryl methyl sites for hydroxylation is 1. The summed E-state index contributed by atoms with van der Waals surface area (Å²) in [6, 6.07) is 10.9. The number of rotatable bonds is 2. The largest absolute Gasteiger partial charge is 0.452 e. The molecule has 1 heterocycles. The summed E-state index contributed by atoms with van der Waals surface area (Å²) >= 11 is 0. The van der Waals surface area contributed by atoms with Crippen LogP contribution in [0.5, 0.6) is 11.5 Å². The molecule has 84 valence electrons. The van der Waals surface area contributed by atoms with Gasteiger partial charge in [0.2, 0.25) is 0 Å². The van der Waals surface area contributed by atoms with Crippen molar-refractivity contribution in [3.05, 3.63) is 47.8 Å². The predicted molar refractivity (Wildman–Crippen MR) is 64.6 cm³/mol. The smallest absolute Gasteiger partial charge is 0.183 e. The molecule has 0 saturated heterocycles. The van der Waals surface area contributed by atoms with Gasteiger partial charge in [-0.1, -0.05) is 12.1 Å². The molecule has 0 radical (unpaired) electrons. The van der Waals surface area contributed by atoms with Crippen LogP contribution in [0.4, 0.5) is 5.69 Å². The summed E-state index contributed by atoms with van der Waals surface area (Å²) in [4.78, 5) is 3.93. The average Bonchev–Trinajstić information content (AvgIpc) is 2.34. The third kappa shape index (κ3) is 2.18. The molecule has 0 unspecified atom stereocenters. The Morgan fingerprint density at radius 2 is 2.12 bits per heavy atom. The van der Waals surface area contributed by atoms with E-state index < -0.39 is 0 Å². The lowest BCUT2D eigenvalue weighted by Crippen LogP contribution is -1.96. The molecule has 0 aliphatic heterocycles. The molecule has 0 spiro atoms. The van der Waals surface area contributed by atoms with Crippen molar-refractivity contribution in [2.24, 2.45) is 0 Å². The Balaban J connectivity index is 2.42. The number of nitrogen functional groups attached to an aromatic ring is 1. The summed E-state index contributed by atoms with van der Waals surface area (Å²) in [5.74, 6) is 0.980. The summed E-state index contributed by atoms with van der Waals surface area (Å²) in [6.07, 6.45) is 1.55. The van der Waals surface area contributed by atoms with E-state index in [0.717, 1.165) is 5.56 Å². The number of nitrogens with two attached hydrogens (primary N) is 1. The van der Waals surface area contributed by atoms with E-state index in [0.29, 0.717) is 17.2 Å².